The lowest BCUT2D eigenvalue weighted by Crippen LogP contribution is -2.21. The molecule has 206 valence electrons. The van der Waals surface area contributed by atoms with Gasteiger partial charge in [0.15, 0.2) is 0 Å². The summed E-state index contributed by atoms with van der Waals surface area (Å²) in [6.45, 7) is 0.333. The molecule has 1 heterocycles. The van der Waals surface area contributed by atoms with Crippen molar-refractivity contribution in [2.24, 2.45) is 5.92 Å². The molecule has 40 heavy (non-hydrogen) atoms. The van der Waals surface area contributed by atoms with E-state index >= 15 is 0 Å². The van der Waals surface area contributed by atoms with Gasteiger partial charge >= 0.3 is 5.97 Å². The van der Waals surface area contributed by atoms with Gasteiger partial charge in [-0.05, 0) is 77.9 Å². The second kappa shape index (κ2) is 12.3. The van der Waals surface area contributed by atoms with Crippen LogP contribution in [0.15, 0.2) is 72.8 Å². The Morgan fingerprint density at radius 1 is 1.05 bits per heavy atom. The average molecular weight is 575 g/mol. The third kappa shape index (κ3) is 6.60. The van der Waals surface area contributed by atoms with Crippen molar-refractivity contribution in [3.05, 3.63) is 106 Å². The number of rotatable bonds is 10. The first-order valence-corrected chi connectivity index (χ1v) is 14.6. The molecule has 0 radical (unpaired) electrons. The summed E-state index contributed by atoms with van der Waals surface area (Å²) in [4.78, 5) is 29.8. The van der Waals surface area contributed by atoms with E-state index in [1.807, 2.05) is 60.7 Å². The highest BCUT2D eigenvalue weighted by atomic mass is 35.5. The fourth-order valence-electron chi connectivity index (χ4n) is 5.15. The maximum atomic E-state index is 12.3. The molecular formula is C32H31ClN2O4S. The van der Waals surface area contributed by atoms with Crippen molar-refractivity contribution in [2.75, 3.05) is 19.8 Å². The largest absolute Gasteiger partial charge is 0.487 e. The number of carboxylic acids is 1. The molecule has 6 nitrogen and oxygen atoms in total. The summed E-state index contributed by atoms with van der Waals surface area (Å²) in [5.74, 6) is 0.817. The third-order valence-corrected chi connectivity index (χ3v) is 8.82. The minimum atomic E-state index is -0.787. The zero-order valence-corrected chi connectivity index (χ0v) is 24.0. The summed E-state index contributed by atoms with van der Waals surface area (Å²) >= 11 is 7.84. The normalized spacial score (nSPS) is 16.1. The van der Waals surface area contributed by atoms with E-state index in [1.54, 1.807) is 30.8 Å². The van der Waals surface area contributed by atoms with Crippen LogP contribution in [-0.2, 0) is 24.2 Å². The highest BCUT2D eigenvalue weighted by Crippen LogP contribution is 2.48. The number of carbonyl (C=O) groups excluding carboxylic acids is 1. The molecule has 1 N–H and O–H groups in total. The molecule has 5 rings (SSSR count). The number of fused-ring (bicyclic) bond motifs is 2. The number of amides is 1. The monoisotopic (exact) mass is 574 g/mol. The number of pyridine rings is 1. The molecule has 0 aliphatic heterocycles. The molecule has 3 aromatic carbocycles. The van der Waals surface area contributed by atoms with Gasteiger partial charge in [-0.1, -0.05) is 41.9 Å². The van der Waals surface area contributed by atoms with E-state index in [4.69, 9.17) is 16.3 Å². The summed E-state index contributed by atoms with van der Waals surface area (Å²) in [7, 11) is 3.49. The van der Waals surface area contributed by atoms with Crippen LogP contribution in [0.2, 0.25) is 5.02 Å². The van der Waals surface area contributed by atoms with E-state index in [9.17, 15) is 14.7 Å². The minimum Gasteiger partial charge on any atom is -0.487 e. The van der Waals surface area contributed by atoms with Crippen molar-refractivity contribution in [1.29, 1.82) is 0 Å². The molecule has 0 spiro atoms. The Balaban J connectivity index is 1.31. The molecule has 2 atom stereocenters. The van der Waals surface area contributed by atoms with Crippen LogP contribution in [0.25, 0.3) is 10.9 Å². The first-order valence-electron chi connectivity index (χ1n) is 13.2. The topological polar surface area (TPSA) is 79.7 Å². The van der Waals surface area contributed by atoms with Crippen LogP contribution in [-0.4, -0.2) is 46.7 Å². The van der Waals surface area contributed by atoms with Crippen molar-refractivity contribution in [3.8, 4) is 5.75 Å². The van der Waals surface area contributed by atoms with Crippen molar-refractivity contribution < 1.29 is 19.4 Å². The molecule has 1 aliphatic rings. The number of ether oxygens (including phenoxy) is 1. The van der Waals surface area contributed by atoms with Gasteiger partial charge in [-0.2, -0.15) is 11.8 Å². The van der Waals surface area contributed by atoms with Crippen LogP contribution in [0.1, 0.15) is 44.4 Å². The number of halogens is 1. The molecular weight excluding hydrogens is 544 g/mol. The number of carboxylic acid groups (broad SMARTS) is 1. The van der Waals surface area contributed by atoms with Gasteiger partial charge in [0.2, 0.25) is 0 Å². The molecule has 8 heteroatoms. The van der Waals surface area contributed by atoms with Crippen LogP contribution in [0.5, 0.6) is 5.75 Å². The molecule has 4 aromatic rings. The first kappa shape index (κ1) is 28.0. The number of benzene rings is 3. The van der Waals surface area contributed by atoms with Gasteiger partial charge in [0, 0.05) is 41.1 Å². The smallest absolute Gasteiger partial charge is 0.304 e. The van der Waals surface area contributed by atoms with E-state index in [1.165, 1.54) is 11.1 Å². The van der Waals surface area contributed by atoms with Gasteiger partial charge in [0.05, 0.1) is 17.6 Å². The van der Waals surface area contributed by atoms with Crippen molar-refractivity contribution in [3.63, 3.8) is 0 Å². The van der Waals surface area contributed by atoms with E-state index in [0.717, 1.165) is 40.8 Å². The maximum Gasteiger partial charge on any atom is 0.304 e. The fraction of sp³-hybridized carbons (Fsp3) is 0.281. The summed E-state index contributed by atoms with van der Waals surface area (Å²) < 4.78 is 6.16. The third-order valence-electron chi connectivity index (χ3n) is 7.15. The number of aliphatic carboxylic acids is 1. The summed E-state index contributed by atoms with van der Waals surface area (Å²) in [5.41, 5.74) is 5.95. The summed E-state index contributed by atoms with van der Waals surface area (Å²) in [5, 5.41) is 11.0. The number of thioether (sulfide) groups is 1. The number of nitrogens with zero attached hydrogens (tertiary/aromatic N) is 2. The Bertz CT molecular complexity index is 1540. The SMILES string of the molecule is CN(C)C(=O)c1ccc(CC2Cc3ccc(OCc4ccc5ccc(Cl)cc5n4)cc3C2SCCC(=O)O)cc1. The minimum absolute atomic E-state index is 0.0165. The van der Waals surface area contributed by atoms with E-state index in [0.29, 0.717) is 28.9 Å². The summed E-state index contributed by atoms with van der Waals surface area (Å²) in [6, 6.07) is 23.7. The van der Waals surface area contributed by atoms with Crippen LogP contribution < -0.4 is 4.74 Å². The highest BCUT2D eigenvalue weighted by molar-refractivity contribution is 7.99. The Morgan fingerprint density at radius 2 is 1.82 bits per heavy atom. The van der Waals surface area contributed by atoms with Gasteiger partial charge in [-0.25, -0.2) is 4.98 Å². The lowest BCUT2D eigenvalue weighted by molar-refractivity contribution is -0.136. The average Bonchev–Trinajstić information content (AvgIpc) is 3.27. The molecule has 1 amide bonds. The van der Waals surface area contributed by atoms with Gasteiger partial charge in [-0.3, -0.25) is 9.59 Å². The fourth-order valence-corrected chi connectivity index (χ4v) is 6.73. The van der Waals surface area contributed by atoms with Crippen molar-refractivity contribution in [1.82, 2.24) is 9.88 Å². The predicted octanol–water partition coefficient (Wildman–Crippen LogP) is 6.83. The van der Waals surface area contributed by atoms with Crippen LogP contribution in [0.3, 0.4) is 0 Å². The molecule has 2 unspecified atom stereocenters. The zero-order chi connectivity index (χ0) is 28.2. The molecule has 1 aromatic heterocycles. The van der Waals surface area contributed by atoms with Gasteiger partial charge < -0.3 is 14.7 Å². The van der Waals surface area contributed by atoms with Crippen molar-refractivity contribution in [2.45, 2.75) is 31.1 Å². The Labute approximate surface area is 243 Å². The lowest BCUT2D eigenvalue weighted by atomic mass is 9.95. The molecule has 0 saturated heterocycles. The van der Waals surface area contributed by atoms with Gasteiger partial charge in [0.25, 0.3) is 5.91 Å². The molecule has 0 fully saturated rings. The number of carbonyl (C=O) groups is 2. The van der Waals surface area contributed by atoms with Crippen LogP contribution >= 0.6 is 23.4 Å². The highest BCUT2D eigenvalue weighted by Gasteiger charge is 2.33. The van der Waals surface area contributed by atoms with E-state index < -0.39 is 5.97 Å². The first-order chi connectivity index (χ1) is 19.3. The zero-order valence-electron chi connectivity index (χ0n) is 22.5. The lowest BCUT2D eigenvalue weighted by Gasteiger charge is -2.21. The second-order valence-electron chi connectivity index (χ2n) is 10.3. The molecule has 1 aliphatic carbocycles. The number of hydrogen-bond acceptors (Lipinski definition) is 5. The van der Waals surface area contributed by atoms with Gasteiger partial charge in [0.1, 0.15) is 12.4 Å². The van der Waals surface area contributed by atoms with Gasteiger partial charge in [-0.15, -0.1) is 0 Å². The Morgan fingerprint density at radius 3 is 2.58 bits per heavy atom. The predicted molar refractivity (Wildman–Crippen MR) is 160 cm³/mol. The maximum absolute atomic E-state index is 12.3. The Kier molecular flexibility index (Phi) is 8.62. The van der Waals surface area contributed by atoms with Crippen LogP contribution in [0.4, 0.5) is 0 Å². The summed E-state index contributed by atoms with van der Waals surface area (Å²) in [6.07, 6.45) is 1.87. The van der Waals surface area contributed by atoms with E-state index in [-0.39, 0.29) is 17.6 Å². The molecule has 0 saturated carbocycles. The van der Waals surface area contributed by atoms with Crippen LogP contribution in [0, 0.1) is 5.92 Å². The number of aromatic nitrogens is 1. The standard InChI is InChI=1S/C32H31ClN2O4S/c1-35(2)32(38)22-5-3-20(4-6-22)15-24-16-23-9-12-27(18-28(23)31(24)40-14-13-30(36)37)39-19-26-11-8-21-7-10-25(33)17-29(21)34-26/h3-12,17-18,24,31H,13-16,19H2,1-2H3,(H,36,37). The quantitative estimate of drug-likeness (QED) is 0.223. The Hall–Kier alpha value is -3.55. The molecule has 0 bridgehead atoms. The van der Waals surface area contributed by atoms with Crippen molar-refractivity contribution >= 4 is 46.1 Å². The van der Waals surface area contributed by atoms with E-state index in [2.05, 4.69) is 17.1 Å². The number of hydrogen-bond donors (Lipinski definition) is 1. The second-order valence-corrected chi connectivity index (χ2v) is 12.0.